The average Bonchev–Trinajstić information content (AvgIpc) is 2.81. The van der Waals surface area contributed by atoms with Crippen molar-refractivity contribution in [1.29, 1.82) is 0 Å². The lowest BCUT2D eigenvalue weighted by molar-refractivity contribution is 0.0697. The summed E-state index contributed by atoms with van der Waals surface area (Å²) >= 11 is 0. The maximum absolute atomic E-state index is 11.3. The van der Waals surface area contributed by atoms with E-state index >= 15 is 0 Å². The SMILES string of the molecule is CC(C)C(CO)Nc1nc2c(cc1C(=O)O)CCC2. The van der Waals surface area contributed by atoms with E-state index in [1.807, 2.05) is 13.8 Å². The number of aliphatic hydroxyl groups is 1. The number of hydrogen-bond acceptors (Lipinski definition) is 4. The van der Waals surface area contributed by atoms with Crippen molar-refractivity contribution in [3.63, 3.8) is 0 Å². The molecule has 0 aliphatic heterocycles. The van der Waals surface area contributed by atoms with Crippen molar-refractivity contribution in [3.8, 4) is 0 Å². The monoisotopic (exact) mass is 264 g/mol. The van der Waals surface area contributed by atoms with Gasteiger partial charge in [0.1, 0.15) is 11.4 Å². The highest BCUT2D eigenvalue weighted by atomic mass is 16.4. The molecule has 0 radical (unpaired) electrons. The van der Waals surface area contributed by atoms with Gasteiger partial charge in [0.25, 0.3) is 0 Å². The molecule has 0 spiro atoms. The van der Waals surface area contributed by atoms with E-state index in [0.29, 0.717) is 5.82 Å². The molecule has 2 rings (SSSR count). The Morgan fingerprint density at radius 1 is 1.47 bits per heavy atom. The van der Waals surface area contributed by atoms with Crippen molar-refractivity contribution in [3.05, 3.63) is 22.9 Å². The molecule has 1 aromatic rings. The van der Waals surface area contributed by atoms with Crippen molar-refractivity contribution in [1.82, 2.24) is 4.98 Å². The predicted molar refractivity (Wildman–Crippen MR) is 72.6 cm³/mol. The Morgan fingerprint density at radius 2 is 2.21 bits per heavy atom. The largest absolute Gasteiger partial charge is 0.478 e. The summed E-state index contributed by atoms with van der Waals surface area (Å²) in [6.45, 7) is 3.90. The zero-order valence-corrected chi connectivity index (χ0v) is 11.3. The highest BCUT2D eigenvalue weighted by molar-refractivity contribution is 5.93. The Morgan fingerprint density at radius 3 is 2.79 bits per heavy atom. The molecule has 5 heteroatoms. The number of carboxylic acids is 1. The number of carbonyl (C=O) groups is 1. The van der Waals surface area contributed by atoms with Gasteiger partial charge in [0.2, 0.25) is 0 Å². The van der Waals surface area contributed by atoms with Crippen molar-refractivity contribution in [2.75, 3.05) is 11.9 Å². The number of aromatic carboxylic acids is 1. The number of hydrogen-bond donors (Lipinski definition) is 3. The second-order valence-corrected chi connectivity index (χ2v) is 5.33. The fourth-order valence-electron chi connectivity index (χ4n) is 2.34. The fraction of sp³-hybridized carbons (Fsp3) is 0.571. The van der Waals surface area contributed by atoms with Crippen LogP contribution in [0.5, 0.6) is 0 Å². The predicted octanol–water partition coefficient (Wildman–Crippen LogP) is 1.70. The van der Waals surface area contributed by atoms with Crippen LogP contribution in [0, 0.1) is 5.92 Å². The smallest absolute Gasteiger partial charge is 0.339 e. The van der Waals surface area contributed by atoms with Crippen LogP contribution in [0.25, 0.3) is 0 Å². The lowest BCUT2D eigenvalue weighted by Gasteiger charge is -2.22. The molecule has 5 nitrogen and oxygen atoms in total. The molecule has 0 amide bonds. The molecule has 0 aromatic carbocycles. The molecule has 19 heavy (non-hydrogen) atoms. The van der Waals surface area contributed by atoms with E-state index in [9.17, 15) is 15.0 Å². The Kier molecular flexibility index (Phi) is 4.04. The molecule has 1 aliphatic rings. The summed E-state index contributed by atoms with van der Waals surface area (Å²) in [7, 11) is 0. The highest BCUT2D eigenvalue weighted by Gasteiger charge is 2.22. The molecule has 0 saturated carbocycles. The minimum Gasteiger partial charge on any atom is -0.478 e. The topological polar surface area (TPSA) is 82.5 Å². The van der Waals surface area contributed by atoms with Crippen LogP contribution in [0.15, 0.2) is 6.07 Å². The molecular formula is C14H20N2O3. The molecule has 1 unspecified atom stereocenters. The van der Waals surface area contributed by atoms with Crippen LogP contribution in [-0.2, 0) is 12.8 Å². The van der Waals surface area contributed by atoms with E-state index in [4.69, 9.17) is 0 Å². The molecule has 3 N–H and O–H groups in total. The minimum atomic E-state index is -0.981. The quantitative estimate of drug-likeness (QED) is 0.754. The van der Waals surface area contributed by atoms with E-state index in [-0.39, 0.29) is 24.1 Å². The molecule has 0 bridgehead atoms. The van der Waals surface area contributed by atoms with E-state index in [1.54, 1.807) is 6.07 Å². The van der Waals surface area contributed by atoms with Crippen LogP contribution in [0.1, 0.15) is 41.9 Å². The van der Waals surface area contributed by atoms with Gasteiger partial charge < -0.3 is 15.5 Å². The summed E-state index contributed by atoms with van der Waals surface area (Å²) in [4.78, 5) is 15.8. The lowest BCUT2D eigenvalue weighted by Crippen LogP contribution is -2.31. The number of fused-ring (bicyclic) bond motifs is 1. The first-order valence-corrected chi connectivity index (χ1v) is 6.66. The van der Waals surface area contributed by atoms with Gasteiger partial charge in [-0.05, 0) is 36.8 Å². The van der Waals surface area contributed by atoms with Gasteiger partial charge in [0.15, 0.2) is 0 Å². The number of aliphatic hydroxyl groups excluding tert-OH is 1. The fourth-order valence-corrected chi connectivity index (χ4v) is 2.34. The highest BCUT2D eigenvalue weighted by Crippen LogP contribution is 2.26. The van der Waals surface area contributed by atoms with Gasteiger partial charge in [-0.3, -0.25) is 0 Å². The number of nitrogens with zero attached hydrogens (tertiary/aromatic N) is 1. The standard InChI is InChI=1S/C14H20N2O3/c1-8(2)12(7-17)16-13-10(14(18)19)6-9-4-3-5-11(9)15-13/h6,8,12,17H,3-5,7H2,1-2H3,(H,15,16)(H,18,19). The third kappa shape index (κ3) is 2.87. The number of anilines is 1. The number of aromatic nitrogens is 1. The molecule has 1 aliphatic carbocycles. The van der Waals surface area contributed by atoms with Gasteiger partial charge in [0.05, 0.1) is 12.6 Å². The van der Waals surface area contributed by atoms with Gasteiger partial charge in [-0.2, -0.15) is 0 Å². The first-order valence-electron chi connectivity index (χ1n) is 6.66. The number of rotatable bonds is 5. The maximum atomic E-state index is 11.3. The van der Waals surface area contributed by atoms with Gasteiger partial charge in [-0.1, -0.05) is 13.8 Å². The zero-order chi connectivity index (χ0) is 14.0. The second kappa shape index (κ2) is 5.57. The molecule has 1 atom stereocenters. The van der Waals surface area contributed by atoms with Crippen LogP contribution in [0.2, 0.25) is 0 Å². The van der Waals surface area contributed by atoms with Gasteiger partial charge in [-0.15, -0.1) is 0 Å². The maximum Gasteiger partial charge on any atom is 0.339 e. The van der Waals surface area contributed by atoms with E-state index in [0.717, 1.165) is 30.5 Å². The van der Waals surface area contributed by atoms with Crippen molar-refractivity contribution >= 4 is 11.8 Å². The first kappa shape index (κ1) is 13.8. The molecule has 1 aromatic heterocycles. The molecule has 0 fully saturated rings. The van der Waals surface area contributed by atoms with Crippen LogP contribution in [0.3, 0.4) is 0 Å². The number of nitrogens with one attached hydrogen (secondary N) is 1. The first-order chi connectivity index (χ1) is 9.02. The van der Waals surface area contributed by atoms with Crippen molar-refractivity contribution in [2.45, 2.75) is 39.2 Å². The Hall–Kier alpha value is -1.62. The lowest BCUT2D eigenvalue weighted by atomic mass is 10.0. The molecular weight excluding hydrogens is 244 g/mol. The van der Waals surface area contributed by atoms with Crippen LogP contribution in [-0.4, -0.2) is 33.8 Å². The Balaban J connectivity index is 2.35. The molecule has 104 valence electrons. The zero-order valence-electron chi connectivity index (χ0n) is 11.3. The molecule has 0 saturated heterocycles. The average molecular weight is 264 g/mol. The summed E-state index contributed by atoms with van der Waals surface area (Å²) in [5, 5.41) is 21.7. The van der Waals surface area contributed by atoms with Crippen molar-refractivity contribution in [2.24, 2.45) is 5.92 Å². The minimum absolute atomic E-state index is 0.0461. The van der Waals surface area contributed by atoms with E-state index < -0.39 is 5.97 Å². The number of carboxylic acid groups (broad SMARTS) is 1. The number of pyridine rings is 1. The molecule has 1 heterocycles. The van der Waals surface area contributed by atoms with Gasteiger partial charge >= 0.3 is 5.97 Å². The van der Waals surface area contributed by atoms with Crippen LogP contribution in [0.4, 0.5) is 5.82 Å². The van der Waals surface area contributed by atoms with Gasteiger partial charge in [0, 0.05) is 5.69 Å². The summed E-state index contributed by atoms with van der Waals surface area (Å²) in [5.41, 5.74) is 2.21. The van der Waals surface area contributed by atoms with E-state index in [1.165, 1.54) is 0 Å². The number of aryl methyl sites for hydroxylation is 2. The summed E-state index contributed by atoms with van der Waals surface area (Å²) < 4.78 is 0. The van der Waals surface area contributed by atoms with Crippen molar-refractivity contribution < 1.29 is 15.0 Å². The summed E-state index contributed by atoms with van der Waals surface area (Å²) in [5.74, 6) is -0.409. The normalized spacial score (nSPS) is 15.4. The van der Waals surface area contributed by atoms with Gasteiger partial charge in [-0.25, -0.2) is 9.78 Å². The Bertz CT molecular complexity index is 486. The summed E-state index contributed by atoms with van der Waals surface area (Å²) in [6.07, 6.45) is 2.82. The van der Waals surface area contributed by atoms with E-state index in [2.05, 4.69) is 10.3 Å². The van der Waals surface area contributed by atoms with Crippen LogP contribution >= 0.6 is 0 Å². The summed E-state index contributed by atoms with van der Waals surface area (Å²) in [6, 6.07) is 1.53. The third-order valence-corrected chi connectivity index (χ3v) is 3.60. The van der Waals surface area contributed by atoms with Crippen LogP contribution < -0.4 is 5.32 Å². The third-order valence-electron chi connectivity index (χ3n) is 3.60. The second-order valence-electron chi connectivity index (χ2n) is 5.33. The Labute approximate surface area is 112 Å².